The fraction of sp³-hybridized carbons (Fsp3) is 0.182. The van der Waals surface area contributed by atoms with E-state index in [9.17, 15) is 4.79 Å². The lowest BCUT2D eigenvalue weighted by Gasteiger charge is -2.08. The number of carbonyl (C=O) groups excluding carboxylic acids is 1. The van der Waals surface area contributed by atoms with Gasteiger partial charge in [0.2, 0.25) is 0 Å². The molecule has 0 radical (unpaired) electrons. The van der Waals surface area contributed by atoms with E-state index in [1.807, 2.05) is 75.5 Å². The minimum Gasteiger partial charge on any atom is -0.339 e. The molecule has 30 heavy (non-hydrogen) atoms. The van der Waals surface area contributed by atoms with Crippen LogP contribution in [0, 0.1) is 27.7 Å². The monoisotopic (exact) mass is 418 g/mol. The molecule has 0 unspecified atom stereocenters. The fourth-order valence-electron chi connectivity index (χ4n) is 2.98. The minimum absolute atomic E-state index is 0.102. The van der Waals surface area contributed by atoms with E-state index in [0.717, 1.165) is 33.9 Å². The van der Waals surface area contributed by atoms with Crippen LogP contribution in [0.15, 0.2) is 47.8 Å². The second kappa shape index (κ2) is 8.08. The van der Waals surface area contributed by atoms with E-state index in [1.165, 1.54) is 11.3 Å². The number of carbonyl (C=O) groups is 1. The normalized spacial score (nSPS) is 10.8. The van der Waals surface area contributed by atoms with E-state index in [2.05, 4.69) is 25.9 Å². The summed E-state index contributed by atoms with van der Waals surface area (Å²) in [6.07, 6.45) is 0. The highest BCUT2D eigenvalue weighted by Crippen LogP contribution is 2.21. The zero-order valence-corrected chi connectivity index (χ0v) is 18.0. The number of anilines is 3. The SMILES string of the molecule is Cc1csc(C(=O)Nc2ccc(Nc3ccc(-n4nc(C)c(C)c4C)nn3)cc2)c1. The molecule has 152 valence electrons. The highest BCUT2D eigenvalue weighted by molar-refractivity contribution is 7.12. The van der Waals surface area contributed by atoms with Gasteiger partial charge in [0.25, 0.3) is 5.91 Å². The van der Waals surface area contributed by atoms with Gasteiger partial charge in [-0.3, -0.25) is 4.79 Å². The molecule has 3 heterocycles. The van der Waals surface area contributed by atoms with Crippen LogP contribution in [0.1, 0.15) is 32.2 Å². The van der Waals surface area contributed by atoms with Gasteiger partial charge < -0.3 is 10.6 Å². The Morgan fingerprint density at radius 1 is 0.967 bits per heavy atom. The topological polar surface area (TPSA) is 84.7 Å². The van der Waals surface area contributed by atoms with Crippen LogP contribution in [0.25, 0.3) is 5.82 Å². The average Bonchev–Trinajstić information content (AvgIpc) is 3.29. The molecular weight excluding hydrogens is 396 g/mol. The van der Waals surface area contributed by atoms with Crippen molar-refractivity contribution in [2.24, 2.45) is 0 Å². The molecular formula is C22H22N6OS. The molecule has 7 nitrogen and oxygen atoms in total. The molecule has 0 spiro atoms. The molecule has 4 rings (SSSR count). The zero-order valence-electron chi connectivity index (χ0n) is 17.2. The lowest BCUT2D eigenvalue weighted by Crippen LogP contribution is -2.10. The van der Waals surface area contributed by atoms with Crippen LogP contribution in [-0.4, -0.2) is 25.9 Å². The second-order valence-electron chi connectivity index (χ2n) is 7.13. The van der Waals surface area contributed by atoms with E-state index in [1.54, 1.807) is 4.68 Å². The van der Waals surface area contributed by atoms with Crippen molar-refractivity contribution < 1.29 is 4.79 Å². The first-order valence-corrected chi connectivity index (χ1v) is 10.4. The maximum absolute atomic E-state index is 12.3. The molecule has 1 aromatic carbocycles. The van der Waals surface area contributed by atoms with Crippen LogP contribution in [0.3, 0.4) is 0 Å². The Hall–Kier alpha value is -3.52. The van der Waals surface area contributed by atoms with Crippen molar-refractivity contribution in [3.63, 3.8) is 0 Å². The van der Waals surface area contributed by atoms with E-state index < -0.39 is 0 Å². The molecule has 0 aliphatic heterocycles. The Morgan fingerprint density at radius 3 is 2.27 bits per heavy atom. The lowest BCUT2D eigenvalue weighted by molar-refractivity contribution is 0.103. The van der Waals surface area contributed by atoms with Gasteiger partial charge in [0.05, 0.1) is 10.6 Å². The molecule has 0 fully saturated rings. The highest BCUT2D eigenvalue weighted by Gasteiger charge is 2.11. The maximum Gasteiger partial charge on any atom is 0.265 e. The van der Waals surface area contributed by atoms with Gasteiger partial charge in [0, 0.05) is 17.1 Å². The summed E-state index contributed by atoms with van der Waals surface area (Å²) in [5, 5.41) is 21.1. The minimum atomic E-state index is -0.102. The number of benzene rings is 1. The molecule has 2 N–H and O–H groups in total. The molecule has 0 saturated heterocycles. The summed E-state index contributed by atoms with van der Waals surface area (Å²) in [4.78, 5) is 13.0. The Balaban J connectivity index is 1.42. The summed E-state index contributed by atoms with van der Waals surface area (Å²) >= 11 is 1.44. The van der Waals surface area contributed by atoms with Crippen molar-refractivity contribution in [1.29, 1.82) is 0 Å². The van der Waals surface area contributed by atoms with Gasteiger partial charge in [-0.1, -0.05) is 0 Å². The number of hydrogen-bond acceptors (Lipinski definition) is 6. The average molecular weight is 419 g/mol. The van der Waals surface area contributed by atoms with Crippen LogP contribution >= 0.6 is 11.3 Å². The number of aromatic nitrogens is 4. The molecule has 4 aromatic rings. The first-order chi connectivity index (χ1) is 14.4. The zero-order chi connectivity index (χ0) is 21.3. The second-order valence-corrected chi connectivity index (χ2v) is 8.04. The Labute approximate surface area is 178 Å². The quantitative estimate of drug-likeness (QED) is 0.479. The number of nitrogens with one attached hydrogen (secondary N) is 2. The predicted octanol–water partition coefficient (Wildman–Crippen LogP) is 4.95. The van der Waals surface area contributed by atoms with Gasteiger partial charge in [0.15, 0.2) is 11.6 Å². The van der Waals surface area contributed by atoms with Crippen LogP contribution in [-0.2, 0) is 0 Å². The van der Waals surface area contributed by atoms with Crippen molar-refractivity contribution in [3.05, 3.63) is 75.2 Å². The van der Waals surface area contributed by atoms with Gasteiger partial charge in [-0.2, -0.15) is 5.10 Å². The first-order valence-electron chi connectivity index (χ1n) is 9.51. The van der Waals surface area contributed by atoms with E-state index >= 15 is 0 Å². The summed E-state index contributed by atoms with van der Waals surface area (Å²) in [6.45, 7) is 8.02. The lowest BCUT2D eigenvalue weighted by atomic mass is 10.2. The number of rotatable bonds is 5. The van der Waals surface area contributed by atoms with Crippen LogP contribution in [0.5, 0.6) is 0 Å². The number of aryl methyl sites for hydroxylation is 2. The standard InChI is InChI=1S/C22H22N6OS/c1-13-11-19(30-12-13)22(29)24-18-7-5-17(6-8-18)23-20-9-10-21(26-25-20)28-16(4)14(2)15(3)27-28/h5-12H,1-4H3,(H,23,25)(H,24,29). The third kappa shape index (κ3) is 4.08. The van der Waals surface area contributed by atoms with Gasteiger partial charge >= 0.3 is 0 Å². The molecule has 0 aliphatic carbocycles. The number of nitrogens with zero attached hydrogens (tertiary/aromatic N) is 4. The first kappa shape index (κ1) is 19.8. The number of hydrogen-bond donors (Lipinski definition) is 2. The number of amides is 1. The molecule has 0 atom stereocenters. The van der Waals surface area contributed by atoms with Gasteiger partial charge in [-0.25, -0.2) is 4.68 Å². The summed E-state index contributed by atoms with van der Waals surface area (Å²) in [5.74, 6) is 1.20. The van der Waals surface area contributed by atoms with E-state index in [4.69, 9.17) is 0 Å². The third-order valence-corrected chi connectivity index (χ3v) is 5.94. The van der Waals surface area contributed by atoms with Crippen molar-refractivity contribution in [3.8, 4) is 5.82 Å². The summed E-state index contributed by atoms with van der Waals surface area (Å²) in [5.41, 5.74) is 5.86. The molecule has 1 amide bonds. The Morgan fingerprint density at radius 2 is 1.70 bits per heavy atom. The summed E-state index contributed by atoms with van der Waals surface area (Å²) in [6, 6.07) is 13.1. The van der Waals surface area contributed by atoms with E-state index in [0.29, 0.717) is 16.5 Å². The highest BCUT2D eigenvalue weighted by atomic mass is 32.1. The molecule has 8 heteroatoms. The largest absolute Gasteiger partial charge is 0.339 e. The van der Waals surface area contributed by atoms with Crippen molar-refractivity contribution in [1.82, 2.24) is 20.0 Å². The summed E-state index contributed by atoms with van der Waals surface area (Å²) in [7, 11) is 0. The number of thiophene rings is 1. The fourth-order valence-corrected chi connectivity index (χ4v) is 3.77. The van der Waals surface area contributed by atoms with Crippen LogP contribution in [0.2, 0.25) is 0 Å². The van der Waals surface area contributed by atoms with Crippen LogP contribution < -0.4 is 10.6 Å². The predicted molar refractivity (Wildman–Crippen MR) is 120 cm³/mol. The summed E-state index contributed by atoms with van der Waals surface area (Å²) < 4.78 is 1.80. The third-order valence-electron chi connectivity index (χ3n) is 4.89. The van der Waals surface area contributed by atoms with Crippen molar-refractivity contribution >= 4 is 34.4 Å². The van der Waals surface area contributed by atoms with Crippen molar-refractivity contribution in [2.45, 2.75) is 27.7 Å². The van der Waals surface area contributed by atoms with Gasteiger partial charge in [0.1, 0.15) is 0 Å². The molecule has 3 aromatic heterocycles. The Kier molecular flexibility index (Phi) is 5.33. The van der Waals surface area contributed by atoms with Gasteiger partial charge in [-0.05, 0) is 86.7 Å². The van der Waals surface area contributed by atoms with Gasteiger partial charge in [-0.15, -0.1) is 21.5 Å². The molecule has 0 aliphatic rings. The van der Waals surface area contributed by atoms with E-state index in [-0.39, 0.29) is 5.91 Å². The van der Waals surface area contributed by atoms with Crippen LogP contribution in [0.4, 0.5) is 17.2 Å². The van der Waals surface area contributed by atoms with Crippen molar-refractivity contribution in [2.75, 3.05) is 10.6 Å². The molecule has 0 bridgehead atoms. The molecule has 0 saturated carbocycles. The smallest absolute Gasteiger partial charge is 0.265 e. The maximum atomic E-state index is 12.3. The Bertz CT molecular complexity index is 1190.